The summed E-state index contributed by atoms with van der Waals surface area (Å²) < 4.78 is 0. The molecule has 5 nitrogen and oxygen atoms in total. The topological polar surface area (TPSA) is 83.5 Å². The van der Waals surface area contributed by atoms with Gasteiger partial charge < -0.3 is 10.4 Å². The van der Waals surface area contributed by atoms with Crippen LogP contribution in [0.5, 0.6) is 0 Å². The Hall–Kier alpha value is -3.15. The summed E-state index contributed by atoms with van der Waals surface area (Å²) in [5.74, 6) is -1.67. The molecule has 7 heteroatoms. The SMILES string of the molecule is CC(C)[C@H](NC(=O)c1ccc(-c2ccc(CC(=O)Cc3ccc(Cl)cc3Cl)cc2)cc1)C(=O)O. The molecule has 1 amide bonds. The van der Waals surface area contributed by atoms with Crippen LogP contribution in [0.1, 0.15) is 35.3 Å². The first-order chi connectivity index (χ1) is 16.1. The lowest BCUT2D eigenvalue weighted by Crippen LogP contribution is -2.44. The molecule has 0 saturated carbocycles. The molecule has 0 unspecified atom stereocenters. The normalized spacial score (nSPS) is 11.8. The number of Topliss-reactive ketones (excluding diaryl/α,β-unsaturated/α-hetero) is 1. The molecule has 1 atom stereocenters. The number of carboxylic acid groups (broad SMARTS) is 1. The molecule has 0 aliphatic rings. The van der Waals surface area contributed by atoms with Gasteiger partial charge in [-0.05, 0) is 52.4 Å². The first kappa shape index (κ1) is 25.5. The smallest absolute Gasteiger partial charge is 0.326 e. The van der Waals surface area contributed by atoms with Crippen molar-refractivity contribution in [2.75, 3.05) is 0 Å². The van der Waals surface area contributed by atoms with Gasteiger partial charge in [0.25, 0.3) is 5.91 Å². The number of halogens is 2. The average Bonchev–Trinajstić information content (AvgIpc) is 2.79. The lowest BCUT2D eigenvalue weighted by Gasteiger charge is -2.18. The van der Waals surface area contributed by atoms with Crippen LogP contribution in [0.2, 0.25) is 10.0 Å². The van der Waals surface area contributed by atoms with Gasteiger partial charge in [0.2, 0.25) is 0 Å². The first-order valence-corrected chi connectivity index (χ1v) is 11.6. The van der Waals surface area contributed by atoms with E-state index in [1.807, 2.05) is 36.4 Å². The van der Waals surface area contributed by atoms with E-state index in [0.29, 0.717) is 22.0 Å². The minimum Gasteiger partial charge on any atom is -0.480 e. The number of carboxylic acids is 1. The second-order valence-electron chi connectivity index (χ2n) is 8.44. The van der Waals surface area contributed by atoms with Crippen molar-refractivity contribution in [3.8, 4) is 11.1 Å². The number of hydrogen-bond acceptors (Lipinski definition) is 3. The maximum absolute atomic E-state index is 12.5. The largest absolute Gasteiger partial charge is 0.480 e. The molecule has 3 aromatic rings. The maximum atomic E-state index is 12.5. The molecule has 34 heavy (non-hydrogen) atoms. The molecule has 0 radical (unpaired) electrons. The third kappa shape index (κ3) is 6.69. The summed E-state index contributed by atoms with van der Waals surface area (Å²) in [6.07, 6.45) is 0.528. The van der Waals surface area contributed by atoms with Crippen molar-refractivity contribution in [1.29, 1.82) is 0 Å². The Morgan fingerprint density at radius 2 is 1.44 bits per heavy atom. The Kier molecular flexibility index (Phi) is 8.48. The molecule has 0 aliphatic heterocycles. The van der Waals surface area contributed by atoms with Crippen LogP contribution >= 0.6 is 23.2 Å². The van der Waals surface area contributed by atoms with Crippen molar-refractivity contribution in [3.63, 3.8) is 0 Å². The van der Waals surface area contributed by atoms with Gasteiger partial charge in [-0.1, -0.05) is 79.5 Å². The van der Waals surface area contributed by atoms with E-state index in [0.717, 1.165) is 22.3 Å². The summed E-state index contributed by atoms with van der Waals surface area (Å²) in [5.41, 5.74) is 3.87. The van der Waals surface area contributed by atoms with E-state index >= 15 is 0 Å². The van der Waals surface area contributed by atoms with Crippen LogP contribution in [0.4, 0.5) is 0 Å². The standard InChI is InChI=1S/C27H25Cl2NO4/c1-16(2)25(27(33)34)30-26(32)20-9-7-19(8-10-20)18-5-3-17(4-6-18)13-23(31)14-21-11-12-22(28)15-24(21)29/h3-12,15-16,25H,13-14H2,1-2H3,(H,30,32)(H,33,34)/t25-/m0/s1. The predicted molar refractivity (Wildman–Crippen MR) is 134 cm³/mol. The molecule has 0 bridgehead atoms. The highest BCUT2D eigenvalue weighted by Gasteiger charge is 2.23. The summed E-state index contributed by atoms with van der Waals surface area (Å²) in [6.45, 7) is 3.48. The number of hydrogen-bond donors (Lipinski definition) is 2. The summed E-state index contributed by atoms with van der Waals surface area (Å²) in [5, 5.41) is 12.8. The molecule has 0 spiro atoms. The van der Waals surface area contributed by atoms with Crippen molar-refractivity contribution in [2.45, 2.75) is 32.7 Å². The number of aliphatic carboxylic acids is 1. The quantitative estimate of drug-likeness (QED) is 0.388. The minimum absolute atomic E-state index is 0.0494. The number of nitrogens with one attached hydrogen (secondary N) is 1. The summed E-state index contributed by atoms with van der Waals surface area (Å²) >= 11 is 12.1. The van der Waals surface area contributed by atoms with Gasteiger partial charge in [0, 0.05) is 28.5 Å². The number of carbonyl (C=O) groups is 3. The number of benzene rings is 3. The molecule has 0 aromatic heterocycles. The van der Waals surface area contributed by atoms with Gasteiger partial charge in [-0.25, -0.2) is 4.79 Å². The van der Waals surface area contributed by atoms with E-state index < -0.39 is 17.9 Å². The molecule has 0 saturated heterocycles. The van der Waals surface area contributed by atoms with Crippen LogP contribution in [0.15, 0.2) is 66.7 Å². The van der Waals surface area contributed by atoms with Crippen molar-refractivity contribution in [1.82, 2.24) is 5.32 Å². The highest BCUT2D eigenvalue weighted by Crippen LogP contribution is 2.23. The monoisotopic (exact) mass is 497 g/mol. The third-order valence-electron chi connectivity index (χ3n) is 5.46. The van der Waals surface area contributed by atoms with E-state index in [1.54, 1.807) is 44.2 Å². The van der Waals surface area contributed by atoms with Crippen LogP contribution in [0.25, 0.3) is 11.1 Å². The van der Waals surface area contributed by atoms with E-state index in [2.05, 4.69) is 5.32 Å². The van der Waals surface area contributed by atoms with Gasteiger partial charge in [-0.2, -0.15) is 0 Å². The predicted octanol–water partition coefficient (Wildman–Crippen LogP) is 5.85. The Morgan fingerprint density at radius 1 is 0.853 bits per heavy atom. The highest BCUT2D eigenvalue weighted by molar-refractivity contribution is 6.35. The molecule has 0 aliphatic carbocycles. The van der Waals surface area contributed by atoms with E-state index in [-0.39, 0.29) is 18.1 Å². The van der Waals surface area contributed by atoms with E-state index in [9.17, 15) is 19.5 Å². The van der Waals surface area contributed by atoms with Crippen molar-refractivity contribution in [2.24, 2.45) is 5.92 Å². The molecule has 3 rings (SSSR count). The fourth-order valence-electron chi connectivity index (χ4n) is 3.53. The summed E-state index contributed by atoms with van der Waals surface area (Å²) in [4.78, 5) is 36.2. The third-order valence-corrected chi connectivity index (χ3v) is 6.04. The zero-order valence-corrected chi connectivity index (χ0v) is 20.4. The molecule has 0 fully saturated rings. The van der Waals surface area contributed by atoms with E-state index in [1.165, 1.54) is 0 Å². The van der Waals surface area contributed by atoms with Gasteiger partial charge in [0.1, 0.15) is 11.8 Å². The number of ketones is 1. The van der Waals surface area contributed by atoms with Crippen molar-refractivity contribution >= 4 is 40.9 Å². The zero-order valence-electron chi connectivity index (χ0n) is 18.8. The second-order valence-corrected chi connectivity index (χ2v) is 9.28. The maximum Gasteiger partial charge on any atom is 0.326 e. The van der Waals surface area contributed by atoms with Crippen LogP contribution in [-0.4, -0.2) is 28.8 Å². The number of amides is 1. The lowest BCUT2D eigenvalue weighted by atomic mass is 9.99. The van der Waals surface area contributed by atoms with Crippen LogP contribution < -0.4 is 5.32 Å². The van der Waals surface area contributed by atoms with Gasteiger partial charge in [0.15, 0.2) is 0 Å². The van der Waals surface area contributed by atoms with Crippen LogP contribution in [-0.2, 0) is 22.4 Å². The Labute approximate surface area is 208 Å². The number of rotatable bonds is 9. The average molecular weight is 498 g/mol. The highest BCUT2D eigenvalue weighted by atomic mass is 35.5. The Morgan fingerprint density at radius 3 is 1.97 bits per heavy atom. The fraction of sp³-hybridized carbons (Fsp3) is 0.222. The van der Waals surface area contributed by atoms with Gasteiger partial charge in [-0.3, -0.25) is 9.59 Å². The van der Waals surface area contributed by atoms with Crippen LogP contribution in [0, 0.1) is 5.92 Å². The van der Waals surface area contributed by atoms with Gasteiger partial charge >= 0.3 is 5.97 Å². The van der Waals surface area contributed by atoms with Gasteiger partial charge in [0.05, 0.1) is 0 Å². The molecule has 3 aromatic carbocycles. The molecule has 176 valence electrons. The minimum atomic E-state index is -1.06. The van der Waals surface area contributed by atoms with Crippen molar-refractivity contribution in [3.05, 3.63) is 93.5 Å². The number of carbonyl (C=O) groups excluding carboxylic acids is 2. The van der Waals surface area contributed by atoms with Crippen LogP contribution in [0.3, 0.4) is 0 Å². The van der Waals surface area contributed by atoms with E-state index in [4.69, 9.17) is 23.2 Å². The molecular formula is C27H25Cl2NO4. The lowest BCUT2D eigenvalue weighted by molar-refractivity contribution is -0.140. The Bertz CT molecular complexity index is 1190. The summed E-state index contributed by atoms with van der Waals surface area (Å²) in [6, 6.07) is 18.8. The zero-order chi connectivity index (χ0) is 24.8. The summed E-state index contributed by atoms with van der Waals surface area (Å²) in [7, 11) is 0. The second kappa shape index (κ2) is 11.3. The fourth-order valence-corrected chi connectivity index (χ4v) is 4.01. The molecular weight excluding hydrogens is 473 g/mol. The molecule has 2 N–H and O–H groups in total. The molecule has 0 heterocycles. The first-order valence-electron chi connectivity index (χ1n) is 10.8. The van der Waals surface area contributed by atoms with Gasteiger partial charge in [-0.15, -0.1) is 0 Å². The Balaban J connectivity index is 1.62. The van der Waals surface area contributed by atoms with Crippen molar-refractivity contribution < 1.29 is 19.5 Å².